The van der Waals surface area contributed by atoms with Crippen LogP contribution in [0.4, 0.5) is 21.0 Å². The number of rotatable bonds is 14. The van der Waals surface area contributed by atoms with E-state index in [0.717, 1.165) is 78.6 Å². The van der Waals surface area contributed by atoms with Crippen LogP contribution in [-0.4, -0.2) is 114 Å². The highest BCUT2D eigenvalue weighted by atomic mass is 16.6. The predicted molar refractivity (Wildman–Crippen MR) is 305 cm³/mol. The van der Waals surface area contributed by atoms with Crippen LogP contribution in [-0.2, 0) is 31.9 Å². The minimum Gasteiger partial charge on any atom is -0.502 e. The molecule has 1 saturated heterocycles. The third kappa shape index (κ3) is 14.4. The number of nitrogens with zero attached hydrogens (tertiary/aromatic N) is 9. The van der Waals surface area contributed by atoms with Gasteiger partial charge in [0.05, 0.1) is 37.4 Å². The number of hydrogen-bond donors (Lipinski definition) is 1. The number of likely N-dealkylation sites (tertiary alicyclic amines) is 1. The van der Waals surface area contributed by atoms with Crippen molar-refractivity contribution in [3.8, 4) is 57.2 Å². The molecule has 3 heterocycles. The van der Waals surface area contributed by atoms with Crippen molar-refractivity contribution in [3.05, 3.63) is 118 Å². The van der Waals surface area contributed by atoms with E-state index < -0.39 is 41.9 Å². The van der Waals surface area contributed by atoms with Crippen LogP contribution in [0.15, 0.2) is 81.8 Å². The first-order valence-corrected chi connectivity index (χ1v) is 27.8. The summed E-state index contributed by atoms with van der Waals surface area (Å²) in [6.07, 6.45) is 5.04. The fraction of sp³-hybridized carbons (Fsp3) is 0.452. The summed E-state index contributed by atoms with van der Waals surface area (Å²) < 4.78 is 34.0. The van der Waals surface area contributed by atoms with Gasteiger partial charge in [-0.25, -0.2) is 19.3 Å². The van der Waals surface area contributed by atoms with Crippen LogP contribution in [0.2, 0.25) is 0 Å². The molecule has 3 aliphatic rings. The van der Waals surface area contributed by atoms with Crippen LogP contribution in [0, 0.1) is 13.1 Å². The van der Waals surface area contributed by atoms with Gasteiger partial charge < -0.3 is 38.0 Å². The highest BCUT2D eigenvalue weighted by Crippen LogP contribution is 2.43. The van der Waals surface area contributed by atoms with Crippen molar-refractivity contribution in [2.24, 2.45) is 0 Å². The SMILES string of the molecule is [C-]#[N+]c1cc(-c2nc(-c3cccc4c3CCC[C@@H]4N(CC(=O)N3CCCC3)C(=O)OC(C)(C)C)no2)ccc1OC(C)C.[C-]#[N+]c1cc(-c2nc(-c3cccc4c3CCC[C@@H]4N(CC(=O)O)C(=O)OC(C)(C)C)no2)ccc1OC(C)C. The number of carboxylic acids is 1. The Morgan fingerprint density at radius 1 is 0.646 bits per heavy atom. The Balaban J connectivity index is 0.000000216. The van der Waals surface area contributed by atoms with E-state index in [-0.39, 0.29) is 36.6 Å². The average Bonchev–Trinajstić information content (AvgIpc) is 3.11. The molecule has 2 atom stereocenters. The van der Waals surface area contributed by atoms with Crippen molar-refractivity contribution < 1.29 is 52.3 Å². The standard InChI is InChI=1S/C33H39N5O5.C29H32N4O6/c1-21(2)41-28-16-15-22(19-26(28)34-6)31-35-30(36-43-31)25-13-9-12-24-23(25)11-10-14-27(24)38(32(40)42-33(3,4)5)20-29(39)37-17-7-8-18-37;1-17(2)37-24-14-13-18(15-22(24)30-6)27-31-26(32-39-27)21-11-7-10-20-19(21)9-8-12-23(20)33(16-25(34)35)28(36)38-29(3,4)5/h9,12-13,15-16,19,21,27H,7-8,10-11,14,17-18,20H2,1-5H3;7,10-11,13-15,17,23H,8-9,12,16H2,1-5H3,(H,34,35)/t27-;23-/m00/s1. The molecule has 2 aromatic heterocycles. The summed E-state index contributed by atoms with van der Waals surface area (Å²) in [5.41, 5.74) is 5.80. The van der Waals surface area contributed by atoms with Crippen LogP contribution in [0.5, 0.6) is 11.5 Å². The first kappa shape index (κ1) is 59.3. The number of aromatic nitrogens is 4. The molecular weight excluding hydrogens is 1050 g/mol. The van der Waals surface area contributed by atoms with E-state index in [1.54, 1.807) is 62.1 Å². The summed E-state index contributed by atoms with van der Waals surface area (Å²) in [4.78, 5) is 72.7. The van der Waals surface area contributed by atoms with E-state index in [2.05, 4.69) is 25.0 Å². The maximum Gasteiger partial charge on any atom is 0.411 e. The summed E-state index contributed by atoms with van der Waals surface area (Å²) in [5.74, 6) is 1.18. The second-order valence-electron chi connectivity index (χ2n) is 23.0. The van der Waals surface area contributed by atoms with Crippen molar-refractivity contribution in [1.82, 2.24) is 35.0 Å². The van der Waals surface area contributed by atoms with Gasteiger partial charge in [-0.3, -0.25) is 19.4 Å². The van der Waals surface area contributed by atoms with Crippen LogP contribution < -0.4 is 9.47 Å². The summed E-state index contributed by atoms with van der Waals surface area (Å²) in [5, 5.41) is 18.0. The Morgan fingerprint density at radius 2 is 1.07 bits per heavy atom. The Bertz CT molecular complexity index is 3390. The predicted octanol–water partition coefficient (Wildman–Crippen LogP) is 13.4. The van der Waals surface area contributed by atoms with E-state index >= 15 is 0 Å². The molecule has 0 spiro atoms. The number of carboxylic acid groups (broad SMARTS) is 1. The molecule has 6 aromatic rings. The molecule has 3 amide bonds. The molecule has 2 aliphatic carbocycles. The summed E-state index contributed by atoms with van der Waals surface area (Å²) in [7, 11) is 0. The maximum absolute atomic E-state index is 13.5. The topological polar surface area (TPSA) is 222 Å². The second kappa shape index (κ2) is 25.3. The molecule has 20 nitrogen and oxygen atoms in total. The van der Waals surface area contributed by atoms with Gasteiger partial charge in [0.25, 0.3) is 11.8 Å². The third-order valence-corrected chi connectivity index (χ3v) is 13.7. The smallest absolute Gasteiger partial charge is 0.411 e. The van der Waals surface area contributed by atoms with Gasteiger partial charge in [0.1, 0.15) is 35.8 Å². The van der Waals surface area contributed by atoms with Gasteiger partial charge in [0, 0.05) is 35.3 Å². The highest BCUT2D eigenvalue weighted by Gasteiger charge is 2.38. The van der Waals surface area contributed by atoms with Crippen molar-refractivity contribution in [1.29, 1.82) is 0 Å². The van der Waals surface area contributed by atoms with Crippen LogP contribution in [0.1, 0.15) is 142 Å². The van der Waals surface area contributed by atoms with Gasteiger partial charge in [0.15, 0.2) is 0 Å². The van der Waals surface area contributed by atoms with Crippen molar-refractivity contribution >= 4 is 35.4 Å². The second-order valence-corrected chi connectivity index (χ2v) is 23.0. The summed E-state index contributed by atoms with van der Waals surface area (Å²) >= 11 is 0. The molecule has 20 heteroatoms. The van der Waals surface area contributed by atoms with Gasteiger partial charge in [-0.15, -0.1) is 0 Å². The first-order chi connectivity index (χ1) is 39.0. The summed E-state index contributed by atoms with van der Waals surface area (Å²) in [6.45, 7) is 34.4. The quantitative estimate of drug-likeness (QED) is 0.100. The lowest BCUT2D eigenvalue weighted by Crippen LogP contribution is -2.46. The third-order valence-electron chi connectivity index (χ3n) is 13.7. The monoisotopic (exact) mass is 1120 g/mol. The number of ether oxygens (including phenoxy) is 4. The number of amides is 3. The van der Waals surface area contributed by atoms with Crippen LogP contribution >= 0.6 is 0 Å². The molecule has 82 heavy (non-hydrogen) atoms. The number of fused-ring (bicyclic) bond motifs is 2. The Labute approximate surface area is 478 Å². The Kier molecular flexibility index (Phi) is 18.3. The first-order valence-electron chi connectivity index (χ1n) is 27.8. The lowest BCUT2D eigenvalue weighted by atomic mass is 9.84. The number of carbonyl (C=O) groups excluding carboxylic acids is 3. The molecule has 0 unspecified atom stereocenters. The zero-order valence-electron chi connectivity index (χ0n) is 48.3. The average molecular weight is 1120 g/mol. The molecule has 0 saturated carbocycles. The van der Waals surface area contributed by atoms with Gasteiger partial charge in [-0.05, 0) is 179 Å². The Morgan fingerprint density at radius 3 is 1.46 bits per heavy atom. The maximum atomic E-state index is 13.5. The molecule has 1 N–H and O–H groups in total. The van der Waals surface area contributed by atoms with Crippen LogP contribution in [0.25, 0.3) is 55.4 Å². The zero-order chi connectivity index (χ0) is 59.0. The lowest BCUT2D eigenvalue weighted by Gasteiger charge is -2.37. The van der Waals surface area contributed by atoms with E-state index in [0.29, 0.717) is 70.8 Å². The molecule has 430 valence electrons. The fourth-order valence-electron chi connectivity index (χ4n) is 10.4. The minimum atomic E-state index is -1.12. The van der Waals surface area contributed by atoms with E-state index in [9.17, 15) is 24.3 Å². The van der Waals surface area contributed by atoms with Crippen molar-refractivity contribution in [3.63, 3.8) is 0 Å². The van der Waals surface area contributed by atoms with E-state index in [4.69, 9.17) is 46.1 Å². The molecule has 0 bridgehead atoms. The van der Waals surface area contributed by atoms with Gasteiger partial charge >= 0.3 is 18.2 Å². The molecule has 0 radical (unpaired) electrons. The van der Waals surface area contributed by atoms with E-state index in [1.807, 2.05) is 89.8 Å². The molecule has 1 aliphatic heterocycles. The molecule has 9 rings (SSSR count). The number of aliphatic carboxylic acids is 1. The largest absolute Gasteiger partial charge is 0.502 e. The van der Waals surface area contributed by atoms with Gasteiger partial charge in [0.2, 0.25) is 28.9 Å². The molecule has 4 aromatic carbocycles. The van der Waals surface area contributed by atoms with Crippen molar-refractivity contribution in [2.45, 2.75) is 156 Å². The van der Waals surface area contributed by atoms with Gasteiger partial charge in [-0.2, -0.15) is 9.97 Å². The number of carbonyl (C=O) groups is 4. The normalized spacial score (nSPS) is 15.7. The summed E-state index contributed by atoms with van der Waals surface area (Å²) in [6, 6.07) is 21.1. The molecule has 1 fully saturated rings. The lowest BCUT2D eigenvalue weighted by molar-refractivity contribution is -0.139. The number of benzene rings is 4. The number of hydrogen-bond acceptors (Lipinski definition) is 14. The minimum absolute atomic E-state index is 0.0322. The van der Waals surface area contributed by atoms with Crippen LogP contribution in [0.3, 0.4) is 0 Å². The van der Waals surface area contributed by atoms with Gasteiger partial charge in [-0.1, -0.05) is 46.7 Å². The fourth-order valence-corrected chi connectivity index (χ4v) is 10.4. The zero-order valence-corrected chi connectivity index (χ0v) is 48.3. The van der Waals surface area contributed by atoms with E-state index in [1.165, 1.54) is 4.90 Å². The Hall–Kier alpha value is -8.78. The molecular formula is C62H71N9O11. The van der Waals surface area contributed by atoms with Crippen molar-refractivity contribution in [2.75, 3.05) is 26.2 Å². The highest BCUT2D eigenvalue weighted by molar-refractivity contribution is 5.83.